The van der Waals surface area contributed by atoms with Gasteiger partial charge in [0.2, 0.25) is 0 Å². The third-order valence-electron chi connectivity index (χ3n) is 11.8. The second kappa shape index (κ2) is 34.8. The van der Waals surface area contributed by atoms with Crippen molar-refractivity contribution in [1.82, 2.24) is 54.3 Å². The molecular formula is C45H101N11O. The minimum absolute atomic E-state index is 0.801. The number of hydrogen-bond acceptors (Lipinski definition) is 12. The van der Waals surface area contributed by atoms with Crippen molar-refractivity contribution in [3.05, 3.63) is 12.3 Å². The van der Waals surface area contributed by atoms with Gasteiger partial charge in [0.05, 0.1) is 13.2 Å². The molecule has 0 aromatic rings. The predicted molar refractivity (Wildman–Crippen MR) is 251 cm³/mol. The summed E-state index contributed by atoms with van der Waals surface area (Å²) < 4.78 is 5.10. The Balaban J connectivity index is 0.000000637. The minimum atomic E-state index is 0.801. The number of likely N-dealkylation sites (N-methyl/N-ethyl adjacent to an activating group) is 8. The normalized spacial score (nSPS) is 27.4. The standard InChI is InChI=1S/C7H14N2.2C7H16N2.C6H12N2.C5H11NO.C5H11N.C4H9N.2C2H6/c1-8-4-7-3-6(8)5-9(7)2;1-8(2)7-4-5-9(3)6-7;1-8-4-3-5-9(2)7-6-8;1-6-5-8(2)4-3-7-6;1-6-2-4-7-5-3-6;1-6-4-2-3-5-6;1-5-3-2-4-5;2*1-2/h6-7H,3-5H2,1-2H3;7H,4-6H2,1-3H3;3-7H2,1-2H3;7H,1,3-5H2,2H3;2-5H2,1H3;2-5H2,1H3;2-4H2,1H3;2*1-2H3/t6-,7-;;;;;;;;/m1......../s1. The summed E-state index contributed by atoms with van der Waals surface area (Å²) in [6.07, 6.45) is 8.31. The van der Waals surface area contributed by atoms with Crippen molar-refractivity contribution in [2.45, 2.75) is 84.3 Å². The van der Waals surface area contributed by atoms with Crippen LogP contribution in [0.4, 0.5) is 0 Å². The summed E-state index contributed by atoms with van der Waals surface area (Å²) in [6, 6.07) is 2.55. The smallest absolute Gasteiger partial charge is 0.0594 e. The lowest BCUT2D eigenvalue weighted by atomic mass is 10.2. The maximum absolute atomic E-state index is 5.10. The first kappa shape index (κ1) is 56.1. The van der Waals surface area contributed by atoms with E-state index in [-0.39, 0.29) is 0 Å². The fourth-order valence-corrected chi connectivity index (χ4v) is 7.46. The molecule has 8 saturated heterocycles. The van der Waals surface area contributed by atoms with Crippen molar-refractivity contribution in [2.75, 3.05) is 202 Å². The summed E-state index contributed by atoms with van der Waals surface area (Å²) in [5, 5.41) is 3.18. The average molecular weight is 812 g/mol. The average Bonchev–Trinajstić information content (AvgIpc) is 3.98. The molecule has 0 spiro atoms. The number of piperazine rings is 2. The minimum Gasteiger partial charge on any atom is -0.386 e. The molecule has 0 radical (unpaired) electrons. The molecule has 1 unspecified atom stereocenters. The molecule has 0 aliphatic carbocycles. The molecule has 342 valence electrons. The van der Waals surface area contributed by atoms with Gasteiger partial charge in [-0.1, -0.05) is 34.3 Å². The van der Waals surface area contributed by atoms with E-state index < -0.39 is 0 Å². The Morgan fingerprint density at radius 2 is 0.930 bits per heavy atom. The predicted octanol–water partition coefficient (Wildman–Crippen LogP) is 3.58. The van der Waals surface area contributed by atoms with Crippen molar-refractivity contribution in [3.8, 4) is 0 Å². The first-order valence-corrected chi connectivity index (χ1v) is 23.1. The molecule has 1 N–H and O–H groups in total. The third kappa shape index (κ3) is 28.3. The zero-order valence-electron chi connectivity index (χ0n) is 41.0. The largest absolute Gasteiger partial charge is 0.386 e. The van der Waals surface area contributed by atoms with Gasteiger partial charge in [0, 0.05) is 89.3 Å². The van der Waals surface area contributed by atoms with E-state index >= 15 is 0 Å². The first-order valence-electron chi connectivity index (χ1n) is 23.1. The molecule has 8 heterocycles. The Labute approximate surface area is 356 Å². The number of nitrogens with one attached hydrogen (secondary N) is 1. The van der Waals surface area contributed by atoms with Crippen LogP contribution < -0.4 is 5.32 Å². The fraction of sp³-hybridized carbons (Fsp3) is 0.956. The Kier molecular flexibility index (Phi) is 34.2. The zero-order chi connectivity index (χ0) is 43.2. The van der Waals surface area contributed by atoms with Gasteiger partial charge < -0.3 is 54.2 Å². The highest BCUT2D eigenvalue weighted by atomic mass is 16.5. The maximum Gasteiger partial charge on any atom is 0.0594 e. The highest BCUT2D eigenvalue weighted by Gasteiger charge is 2.39. The molecule has 12 heteroatoms. The monoisotopic (exact) mass is 812 g/mol. The molecular weight excluding hydrogens is 711 g/mol. The van der Waals surface area contributed by atoms with Crippen molar-refractivity contribution in [3.63, 3.8) is 0 Å². The molecule has 8 rings (SSSR count). The van der Waals surface area contributed by atoms with E-state index in [0.717, 1.165) is 69.8 Å². The number of fused-ring (bicyclic) bond motifs is 2. The molecule has 0 amide bonds. The van der Waals surface area contributed by atoms with Crippen LogP contribution in [-0.4, -0.2) is 269 Å². The molecule has 2 bridgehead atoms. The van der Waals surface area contributed by atoms with Gasteiger partial charge in [-0.25, -0.2) is 0 Å². The highest BCUT2D eigenvalue weighted by molar-refractivity contribution is 4.97. The van der Waals surface area contributed by atoms with Gasteiger partial charge in [0.1, 0.15) is 0 Å². The first-order chi connectivity index (χ1) is 27.2. The Morgan fingerprint density at radius 1 is 0.509 bits per heavy atom. The van der Waals surface area contributed by atoms with Crippen LogP contribution >= 0.6 is 0 Å². The number of rotatable bonds is 1. The van der Waals surface area contributed by atoms with Crippen molar-refractivity contribution in [1.29, 1.82) is 0 Å². The number of nitrogens with zero attached hydrogens (tertiary/aromatic N) is 10. The molecule has 0 aromatic heterocycles. The van der Waals surface area contributed by atoms with Gasteiger partial charge in [-0.15, -0.1) is 0 Å². The van der Waals surface area contributed by atoms with Crippen LogP contribution in [0, 0.1) is 0 Å². The molecule has 8 aliphatic rings. The van der Waals surface area contributed by atoms with Crippen LogP contribution in [0.1, 0.15) is 66.2 Å². The lowest BCUT2D eigenvalue weighted by molar-refractivity contribution is 0.0503. The number of morpholine rings is 1. The summed E-state index contributed by atoms with van der Waals surface area (Å²) in [4.78, 5) is 23.6. The molecule has 57 heavy (non-hydrogen) atoms. The van der Waals surface area contributed by atoms with Crippen molar-refractivity contribution in [2.24, 2.45) is 0 Å². The molecule has 8 aliphatic heterocycles. The SMILES string of the molecule is C=C1CN(C)CCN1.CC.CC.CN1CCC(N(C)C)C1.CN1CCC1.CN1CCCC1.CN1CCCN(C)CC1.CN1CCOCC1.CN1C[C@H]2C[C@@H]1CN2C. The zero-order valence-corrected chi connectivity index (χ0v) is 41.0. The van der Waals surface area contributed by atoms with Crippen LogP contribution in [0.2, 0.25) is 0 Å². The Bertz CT molecular complexity index is 886. The summed E-state index contributed by atoms with van der Waals surface area (Å²) in [6.45, 7) is 34.4. The topological polar surface area (TPSA) is 53.7 Å². The maximum atomic E-state index is 5.10. The molecule has 12 nitrogen and oxygen atoms in total. The van der Waals surface area contributed by atoms with E-state index in [9.17, 15) is 0 Å². The number of likely N-dealkylation sites (tertiary alicyclic amines) is 5. The van der Waals surface area contributed by atoms with E-state index in [1.54, 1.807) is 0 Å². The van der Waals surface area contributed by atoms with Crippen molar-refractivity contribution >= 4 is 0 Å². The van der Waals surface area contributed by atoms with Gasteiger partial charge >= 0.3 is 0 Å². The lowest BCUT2D eigenvalue weighted by Gasteiger charge is -2.28. The summed E-state index contributed by atoms with van der Waals surface area (Å²) in [5.74, 6) is 0. The van der Waals surface area contributed by atoms with Gasteiger partial charge in [0.15, 0.2) is 0 Å². The summed E-state index contributed by atoms with van der Waals surface area (Å²) >= 11 is 0. The van der Waals surface area contributed by atoms with Crippen LogP contribution in [-0.2, 0) is 4.74 Å². The lowest BCUT2D eigenvalue weighted by Crippen LogP contribution is -2.42. The van der Waals surface area contributed by atoms with E-state index in [0.29, 0.717) is 0 Å². The molecule has 0 saturated carbocycles. The summed E-state index contributed by atoms with van der Waals surface area (Å²) in [5.41, 5.74) is 1.14. The molecule has 3 atom stereocenters. The second-order valence-corrected chi connectivity index (χ2v) is 17.4. The molecule has 0 aromatic carbocycles. The van der Waals surface area contributed by atoms with Crippen LogP contribution in [0.15, 0.2) is 12.3 Å². The van der Waals surface area contributed by atoms with Crippen LogP contribution in [0.3, 0.4) is 0 Å². The van der Waals surface area contributed by atoms with Gasteiger partial charge in [-0.3, -0.25) is 4.90 Å². The van der Waals surface area contributed by atoms with Gasteiger partial charge in [-0.05, 0) is 162 Å². The van der Waals surface area contributed by atoms with E-state index in [4.69, 9.17) is 4.74 Å². The van der Waals surface area contributed by atoms with E-state index in [1.165, 1.54) is 117 Å². The third-order valence-corrected chi connectivity index (χ3v) is 11.8. The molecule has 8 fully saturated rings. The van der Waals surface area contributed by atoms with Gasteiger partial charge in [-0.2, -0.15) is 0 Å². The van der Waals surface area contributed by atoms with Gasteiger partial charge in [0.25, 0.3) is 0 Å². The quantitative estimate of drug-likeness (QED) is 0.422. The Hall–Kier alpha value is -0.900. The van der Waals surface area contributed by atoms with Crippen LogP contribution in [0.25, 0.3) is 0 Å². The van der Waals surface area contributed by atoms with E-state index in [1.807, 2.05) is 27.7 Å². The van der Waals surface area contributed by atoms with E-state index in [2.05, 4.69) is 138 Å². The fourth-order valence-electron chi connectivity index (χ4n) is 7.46. The Morgan fingerprint density at radius 3 is 1.18 bits per heavy atom. The van der Waals surface area contributed by atoms with Crippen molar-refractivity contribution < 1.29 is 4.74 Å². The summed E-state index contributed by atoms with van der Waals surface area (Å²) in [7, 11) is 23.9. The number of hydrogen-bond donors (Lipinski definition) is 1. The second-order valence-electron chi connectivity index (χ2n) is 17.4. The van der Waals surface area contributed by atoms with Crippen LogP contribution in [0.5, 0.6) is 0 Å². The number of ether oxygens (including phenoxy) is 1. The highest BCUT2D eigenvalue weighted by Crippen LogP contribution is 2.27.